The van der Waals surface area contributed by atoms with Gasteiger partial charge in [-0.05, 0) is 6.42 Å². The quantitative estimate of drug-likeness (QED) is 0.858. The topological polar surface area (TPSA) is 80.9 Å². The fourth-order valence-corrected chi connectivity index (χ4v) is 1.36. The van der Waals surface area contributed by atoms with Crippen LogP contribution >= 0.6 is 0 Å². The molecule has 0 spiro atoms. The van der Waals surface area contributed by atoms with E-state index in [2.05, 4.69) is 22.2 Å². The number of nitrogens with one attached hydrogen (secondary N) is 1. The van der Waals surface area contributed by atoms with E-state index < -0.39 is 5.41 Å². The number of nitrogens with zero attached hydrogens (tertiary/aromatic N) is 2. The Morgan fingerprint density at radius 2 is 2.06 bits per heavy atom. The maximum absolute atomic E-state index is 11.8. The van der Waals surface area contributed by atoms with Crippen molar-refractivity contribution < 1.29 is 4.79 Å². The van der Waals surface area contributed by atoms with Crippen molar-refractivity contribution in [1.29, 1.82) is 0 Å². The van der Waals surface area contributed by atoms with E-state index in [-0.39, 0.29) is 11.9 Å². The lowest BCUT2D eigenvalue weighted by Gasteiger charge is -2.17. The normalized spacial score (nSPS) is 13.2. The Morgan fingerprint density at radius 1 is 1.39 bits per heavy atom. The molecule has 0 aromatic carbocycles. The molecule has 0 aliphatic heterocycles. The van der Waals surface area contributed by atoms with Crippen LogP contribution < -0.4 is 11.1 Å². The van der Waals surface area contributed by atoms with E-state index in [4.69, 9.17) is 5.73 Å². The Hall–Kier alpha value is -1.49. The summed E-state index contributed by atoms with van der Waals surface area (Å²) < 4.78 is 0. The van der Waals surface area contributed by atoms with Crippen LogP contribution in [0.5, 0.6) is 0 Å². The van der Waals surface area contributed by atoms with Crippen molar-refractivity contribution in [3.05, 3.63) is 18.1 Å². The maximum atomic E-state index is 11.8. The number of rotatable bonds is 4. The molecule has 0 saturated carbocycles. The Labute approximate surface area is 108 Å². The lowest BCUT2D eigenvalue weighted by Crippen LogP contribution is -2.28. The molecule has 1 aromatic heterocycles. The van der Waals surface area contributed by atoms with Crippen LogP contribution in [0, 0.1) is 5.41 Å². The number of aromatic nitrogens is 2. The molecular weight excluding hydrogens is 228 g/mol. The van der Waals surface area contributed by atoms with Gasteiger partial charge in [-0.1, -0.05) is 34.1 Å². The molecule has 0 bridgehead atoms. The summed E-state index contributed by atoms with van der Waals surface area (Å²) in [5, 5.41) is 2.73. The zero-order valence-electron chi connectivity index (χ0n) is 11.5. The third-order valence-corrected chi connectivity index (χ3v) is 2.57. The monoisotopic (exact) mass is 250 g/mol. The van der Waals surface area contributed by atoms with Gasteiger partial charge in [0.1, 0.15) is 0 Å². The summed E-state index contributed by atoms with van der Waals surface area (Å²) >= 11 is 0. The summed E-state index contributed by atoms with van der Waals surface area (Å²) in [5.74, 6) is 0.379. The lowest BCUT2D eigenvalue weighted by molar-refractivity contribution is -0.123. The van der Waals surface area contributed by atoms with E-state index in [1.54, 1.807) is 12.4 Å². The van der Waals surface area contributed by atoms with E-state index in [1.165, 1.54) is 0 Å². The first-order valence-corrected chi connectivity index (χ1v) is 6.23. The van der Waals surface area contributed by atoms with Gasteiger partial charge in [-0.25, -0.2) is 4.98 Å². The average Bonchev–Trinajstić information content (AvgIpc) is 2.29. The average molecular weight is 250 g/mol. The molecule has 0 radical (unpaired) electrons. The van der Waals surface area contributed by atoms with Crippen LogP contribution in [0.2, 0.25) is 0 Å². The van der Waals surface area contributed by atoms with Crippen LogP contribution in [-0.2, 0) is 4.79 Å². The van der Waals surface area contributed by atoms with Gasteiger partial charge in [0, 0.05) is 11.5 Å². The number of anilines is 1. The van der Waals surface area contributed by atoms with Crippen molar-refractivity contribution in [2.75, 3.05) is 5.32 Å². The van der Waals surface area contributed by atoms with E-state index in [1.807, 2.05) is 20.8 Å². The van der Waals surface area contributed by atoms with Crippen molar-refractivity contribution in [2.24, 2.45) is 11.1 Å². The summed E-state index contributed by atoms with van der Waals surface area (Å²) in [6, 6.07) is -0.0881. The molecule has 18 heavy (non-hydrogen) atoms. The smallest absolute Gasteiger partial charge is 0.230 e. The number of carbonyl (C=O) groups excluding carboxylic acids is 1. The fourth-order valence-electron chi connectivity index (χ4n) is 1.36. The fraction of sp³-hybridized carbons (Fsp3) is 0.615. The van der Waals surface area contributed by atoms with E-state index in [9.17, 15) is 4.79 Å². The second-order valence-corrected chi connectivity index (χ2v) is 5.43. The number of amides is 1. The molecule has 1 heterocycles. The highest BCUT2D eigenvalue weighted by atomic mass is 16.2. The second-order valence-electron chi connectivity index (χ2n) is 5.43. The largest absolute Gasteiger partial charge is 0.323 e. The molecule has 0 aliphatic rings. The van der Waals surface area contributed by atoms with Crippen LogP contribution in [0.15, 0.2) is 12.4 Å². The Kier molecular flexibility index (Phi) is 4.78. The number of hydrogen-bond donors (Lipinski definition) is 2. The Morgan fingerprint density at radius 3 is 2.50 bits per heavy atom. The summed E-state index contributed by atoms with van der Waals surface area (Å²) in [5.41, 5.74) is 6.25. The molecule has 1 atom stereocenters. The second kappa shape index (κ2) is 5.91. The van der Waals surface area contributed by atoms with Crippen LogP contribution in [0.1, 0.15) is 52.3 Å². The maximum Gasteiger partial charge on any atom is 0.230 e. The molecule has 0 saturated heterocycles. The third-order valence-electron chi connectivity index (χ3n) is 2.57. The molecule has 0 unspecified atom stereocenters. The van der Waals surface area contributed by atoms with Gasteiger partial charge in [0.15, 0.2) is 5.82 Å². The van der Waals surface area contributed by atoms with Crippen molar-refractivity contribution in [2.45, 2.75) is 46.6 Å². The van der Waals surface area contributed by atoms with E-state index in [0.717, 1.165) is 18.5 Å². The van der Waals surface area contributed by atoms with Gasteiger partial charge < -0.3 is 11.1 Å². The minimum atomic E-state index is -0.445. The molecular formula is C13H22N4O. The van der Waals surface area contributed by atoms with Crippen LogP contribution in [0.4, 0.5) is 5.82 Å². The number of carbonyl (C=O) groups is 1. The predicted molar refractivity (Wildman–Crippen MR) is 72.0 cm³/mol. The standard InChI is InChI=1S/C13H22N4O/c1-5-6-9(14)10-7-16-11(8-15-10)17-12(18)13(2,3)4/h7-9H,5-6,14H2,1-4H3,(H,16,17,18)/t9-/m1/s1. The van der Waals surface area contributed by atoms with E-state index in [0.29, 0.717) is 5.82 Å². The van der Waals surface area contributed by atoms with Crippen LogP contribution in [-0.4, -0.2) is 15.9 Å². The summed E-state index contributed by atoms with van der Waals surface area (Å²) in [7, 11) is 0. The molecule has 5 nitrogen and oxygen atoms in total. The molecule has 1 rings (SSSR count). The van der Waals surface area contributed by atoms with Gasteiger partial charge in [0.25, 0.3) is 0 Å². The predicted octanol–water partition coefficient (Wildman–Crippen LogP) is 2.26. The number of nitrogens with two attached hydrogens (primary N) is 1. The Bertz CT molecular complexity index is 394. The first-order chi connectivity index (χ1) is 8.34. The Balaban J connectivity index is 2.69. The zero-order chi connectivity index (χ0) is 13.8. The first kappa shape index (κ1) is 14.6. The van der Waals surface area contributed by atoms with E-state index >= 15 is 0 Å². The minimum Gasteiger partial charge on any atom is -0.323 e. The first-order valence-electron chi connectivity index (χ1n) is 6.23. The summed E-state index contributed by atoms with van der Waals surface area (Å²) in [4.78, 5) is 20.1. The van der Waals surface area contributed by atoms with Crippen LogP contribution in [0.25, 0.3) is 0 Å². The van der Waals surface area contributed by atoms with Gasteiger partial charge in [0.2, 0.25) is 5.91 Å². The highest BCUT2D eigenvalue weighted by Gasteiger charge is 2.21. The summed E-state index contributed by atoms with van der Waals surface area (Å²) in [6.07, 6.45) is 5.06. The van der Waals surface area contributed by atoms with Gasteiger partial charge in [0.05, 0.1) is 18.1 Å². The van der Waals surface area contributed by atoms with Gasteiger partial charge in [-0.3, -0.25) is 9.78 Å². The lowest BCUT2D eigenvalue weighted by atomic mass is 9.96. The molecule has 1 aromatic rings. The highest BCUT2D eigenvalue weighted by Crippen LogP contribution is 2.17. The SMILES string of the molecule is CCC[C@@H](N)c1cnc(NC(=O)C(C)(C)C)cn1. The molecule has 100 valence electrons. The van der Waals surface area contributed by atoms with Crippen molar-refractivity contribution >= 4 is 11.7 Å². The molecule has 0 fully saturated rings. The van der Waals surface area contributed by atoms with Gasteiger partial charge >= 0.3 is 0 Å². The van der Waals surface area contributed by atoms with Gasteiger partial charge in [-0.2, -0.15) is 0 Å². The zero-order valence-corrected chi connectivity index (χ0v) is 11.5. The minimum absolute atomic E-state index is 0.0811. The van der Waals surface area contributed by atoms with Crippen molar-refractivity contribution in [1.82, 2.24) is 9.97 Å². The van der Waals surface area contributed by atoms with Crippen LogP contribution in [0.3, 0.4) is 0 Å². The summed E-state index contributed by atoms with van der Waals surface area (Å²) in [6.45, 7) is 7.62. The van der Waals surface area contributed by atoms with Gasteiger partial charge in [-0.15, -0.1) is 0 Å². The van der Waals surface area contributed by atoms with Crippen molar-refractivity contribution in [3.63, 3.8) is 0 Å². The molecule has 1 amide bonds. The molecule has 3 N–H and O–H groups in total. The molecule has 0 aliphatic carbocycles. The number of hydrogen-bond acceptors (Lipinski definition) is 4. The third kappa shape index (κ3) is 4.07. The highest BCUT2D eigenvalue weighted by molar-refractivity contribution is 5.93. The molecule has 5 heteroatoms. The van der Waals surface area contributed by atoms with Crippen molar-refractivity contribution in [3.8, 4) is 0 Å².